The van der Waals surface area contributed by atoms with E-state index in [2.05, 4.69) is 21.0 Å². The zero-order valence-electron chi connectivity index (χ0n) is 22.2. The van der Waals surface area contributed by atoms with Crippen molar-refractivity contribution < 1.29 is 13.9 Å². The summed E-state index contributed by atoms with van der Waals surface area (Å²) in [5, 5.41) is 6.96. The number of nitrogens with zero attached hydrogens (tertiary/aromatic N) is 3. The molecule has 7 nitrogen and oxygen atoms in total. The molecule has 0 aliphatic heterocycles. The van der Waals surface area contributed by atoms with E-state index in [0.29, 0.717) is 60.4 Å². The van der Waals surface area contributed by atoms with E-state index in [0.717, 1.165) is 10.9 Å². The lowest BCUT2D eigenvalue weighted by molar-refractivity contribution is 0.267. The number of rotatable bonds is 8. The molecule has 0 fully saturated rings. The topological polar surface area (TPSA) is 78.9 Å². The fraction of sp³-hybridized carbons (Fsp3) is 0.0938. The Bertz CT molecular complexity index is 2000. The summed E-state index contributed by atoms with van der Waals surface area (Å²) in [7, 11) is 0. The highest BCUT2D eigenvalue weighted by Crippen LogP contribution is 2.38. The highest BCUT2D eigenvalue weighted by atomic mass is 79.9. The Morgan fingerprint density at radius 1 is 1.00 bits per heavy atom. The van der Waals surface area contributed by atoms with Crippen LogP contribution in [0.15, 0.2) is 104 Å². The Balaban J connectivity index is 1.39. The number of halogens is 3. The van der Waals surface area contributed by atoms with Crippen molar-refractivity contribution in [3.63, 3.8) is 0 Å². The number of ether oxygens (including phenoxy) is 2. The van der Waals surface area contributed by atoms with Crippen LogP contribution in [0.4, 0.5) is 0 Å². The van der Waals surface area contributed by atoms with E-state index in [9.17, 15) is 4.79 Å². The van der Waals surface area contributed by atoms with Crippen LogP contribution in [0.25, 0.3) is 33.5 Å². The lowest BCUT2D eigenvalue weighted by Crippen LogP contribution is -2.20. The average Bonchev–Trinajstić information content (AvgIpc) is 3.41. The molecule has 210 valence electrons. The summed E-state index contributed by atoms with van der Waals surface area (Å²) in [5.41, 5.74) is 2.36. The molecule has 6 aromatic rings. The molecule has 0 spiro atoms. The molecule has 0 bridgehead atoms. The summed E-state index contributed by atoms with van der Waals surface area (Å²) in [5.74, 6) is 1.72. The summed E-state index contributed by atoms with van der Waals surface area (Å²) < 4.78 is 19.9. The van der Waals surface area contributed by atoms with Crippen molar-refractivity contribution in [1.29, 1.82) is 0 Å². The van der Waals surface area contributed by atoms with Crippen LogP contribution in [0.5, 0.6) is 11.5 Å². The van der Waals surface area contributed by atoms with Crippen molar-refractivity contribution in [3.05, 3.63) is 121 Å². The van der Waals surface area contributed by atoms with Crippen LogP contribution < -0.4 is 15.0 Å². The maximum atomic E-state index is 13.6. The average molecular weight is 663 g/mol. The molecule has 0 N–H and O–H groups in total. The molecule has 2 aromatic heterocycles. The smallest absolute Gasteiger partial charge is 0.282 e. The number of aromatic nitrogens is 2. The molecule has 0 saturated heterocycles. The van der Waals surface area contributed by atoms with Gasteiger partial charge in [0.05, 0.1) is 28.2 Å². The molecule has 0 aliphatic carbocycles. The molecule has 0 radical (unpaired) electrons. The summed E-state index contributed by atoms with van der Waals surface area (Å²) in [6.07, 6.45) is 1.57. The van der Waals surface area contributed by atoms with E-state index in [4.69, 9.17) is 42.1 Å². The second kappa shape index (κ2) is 12.0. The number of hydrogen-bond acceptors (Lipinski definition) is 6. The van der Waals surface area contributed by atoms with Crippen LogP contribution >= 0.6 is 39.1 Å². The van der Waals surface area contributed by atoms with Crippen LogP contribution in [0, 0.1) is 0 Å². The molecular weight excluding hydrogens is 641 g/mol. The molecule has 2 heterocycles. The predicted molar refractivity (Wildman–Crippen MR) is 170 cm³/mol. The molecule has 4 aromatic carbocycles. The van der Waals surface area contributed by atoms with Crippen LogP contribution in [0.1, 0.15) is 18.1 Å². The van der Waals surface area contributed by atoms with Crippen molar-refractivity contribution >= 4 is 67.2 Å². The minimum absolute atomic E-state index is 0.209. The van der Waals surface area contributed by atoms with Crippen molar-refractivity contribution in [2.75, 3.05) is 6.61 Å². The van der Waals surface area contributed by atoms with Crippen LogP contribution in [-0.4, -0.2) is 22.5 Å². The van der Waals surface area contributed by atoms with Gasteiger partial charge in [0, 0.05) is 21.0 Å². The van der Waals surface area contributed by atoms with Gasteiger partial charge in [-0.05, 0) is 76.9 Å². The van der Waals surface area contributed by atoms with Gasteiger partial charge in [-0.25, -0.2) is 4.98 Å². The van der Waals surface area contributed by atoms with E-state index >= 15 is 0 Å². The zero-order chi connectivity index (χ0) is 29.2. The van der Waals surface area contributed by atoms with Gasteiger partial charge in [-0.15, -0.1) is 0 Å². The van der Waals surface area contributed by atoms with Gasteiger partial charge in [-0.3, -0.25) is 4.79 Å². The Morgan fingerprint density at radius 2 is 1.81 bits per heavy atom. The molecule has 0 amide bonds. The third-order valence-electron chi connectivity index (χ3n) is 6.44. The maximum absolute atomic E-state index is 13.6. The third-order valence-corrected chi connectivity index (χ3v) is 7.62. The summed E-state index contributed by atoms with van der Waals surface area (Å²) in [4.78, 5) is 18.4. The first kappa shape index (κ1) is 28.0. The van der Waals surface area contributed by atoms with Crippen molar-refractivity contribution in [3.8, 4) is 23.1 Å². The van der Waals surface area contributed by atoms with Gasteiger partial charge >= 0.3 is 0 Å². The van der Waals surface area contributed by atoms with Gasteiger partial charge in [-0.1, -0.05) is 59.6 Å². The Hall–Kier alpha value is -4.11. The Kier molecular flexibility index (Phi) is 8.02. The van der Waals surface area contributed by atoms with E-state index in [-0.39, 0.29) is 18.0 Å². The highest BCUT2D eigenvalue weighted by molar-refractivity contribution is 9.10. The first-order valence-corrected chi connectivity index (χ1v) is 14.5. The normalized spacial score (nSPS) is 11.5. The van der Waals surface area contributed by atoms with Gasteiger partial charge in [0.2, 0.25) is 5.82 Å². The molecular formula is C32H22BrCl2N3O4. The lowest BCUT2D eigenvalue weighted by Gasteiger charge is -2.15. The van der Waals surface area contributed by atoms with E-state index in [1.807, 2.05) is 55.5 Å². The first-order valence-electron chi connectivity index (χ1n) is 13.0. The Labute approximate surface area is 259 Å². The quantitative estimate of drug-likeness (QED) is 0.152. The van der Waals surface area contributed by atoms with E-state index in [1.54, 1.807) is 42.6 Å². The molecule has 0 aliphatic rings. The van der Waals surface area contributed by atoms with Gasteiger partial charge in [0.15, 0.2) is 17.3 Å². The fourth-order valence-corrected chi connectivity index (χ4v) is 5.50. The SMILES string of the molecule is CCOc1cc(C=Nn2c(-c3cc4ccccc4o3)nc3ccccc3c2=O)cc(Br)c1OCc1ccc(Cl)cc1Cl. The zero-order valence-corrected chi connectivity index (χ0v) is 25.3. The van der Waals surface area contributed by atoms with E-state index in [1.165, 1.54) is 4.68 Å². The number of hydrogen-bond donors (Lipinski definition) is 0. The standard InChI is InChI=1S/C32H22BrCl2N3O4/c1-2-40-28-14-19(13-24(33)30(28)41-18-21-11-12-22(34)16-25(21)35)17-36-38-31(29-15-20-7-3-6-10-27(20)42-29)37-26-9-5-4-8-23(26)32(38)39/h3-17H,2,18H2,1H3. The molecule has 42 heavy (non-hydrogen) atoms. The molecule has 10 heteroatoms. The largest absolute Gasteiger partial charge is 0.490 e. The Morgan fingerprint density at radius 3 is 2.62 bits per heavy atom. The number of benzene rings is 4. The van der Waals surface area contributed by atoms with Crippen molar-refractivity contribution in [2.24, 2.45) is 5.10 Å². The summed E-state index contributed by atoms with van der Waals surface area (Å²) in [6.45, 7) is 2.50. The molecule has 0 atom stereocenters. The highest BCUT2D eigenvalue weighted by Gasteiger charge is 2.17. The first-order chi connectivity index (χ1) is 20.4. The number of furan rings is 1. The minimum atomic E-state index is -0.323. The molecule has 0 unspecified atom stereocenters. The van der Waals surface area contributed by atoms with Gasteiger partial charge < -0.3 is 13.9 Å². The molecule has 0 saturated carbocycles. The summed E-state index contributed by atoms with van der Waals surface area (Å²) in [6, 6.07) is 25.5. The van der Waals surface area contributed by atoms with Crippen molar-refractivity contribution in [2.45, 2.75) is 13.5 Å². The minimum Gasteiger partial charge on any atom is -0.490 e. The molecule has 6 rings (SSSR count). The third kappa shape index (κ3) is 5.66. The lowest BCUT2D eigenvalue weighted by atomic mass is 10.2. The maximum Gasteiger partial charge on any atom is 0.282 e. The van der Waals surface area contributed by atoms with Crippen LogP contribution in [0.2, 0.25) is 10.0 Å². The number of fused-ring (bicyclic) bond motifs is 2. The second-order valence-electron chi connectivity index (χ2n) is 9.25. The van der Waals surface area contributed by atoms with E-state index < -0.39 is 0 Å². The van der Waals surface area contributed by atoms with Crippen molar-refractivity contribution in [1.82, 2.24) is 9.66 Å². The predicted octanol–water partition coefficient (Wildman–Crippen LogP) is 8.74. The van der Waals surface area contributed by atoms with Gasteiger partial charge in [0.1, 0.15) is 12.2 Å². The second-order valence-corrected chi connectivity index (χ2v) is 10.9. The monoisotopic (exact) mass is 661 g/mol. The van der Waals surface area contributed by atoms with Gasteiger partial charge in [0.25, 0.3) is 5.56 Å². The number of para-hydroxylation sites is 2. The van der Waals surface area contributed by atoms with Gasteiger partial charge in [-0.2, -0.15) is 9.78 Å². The fourth-order valence-electron chi connectivity index (χ4n) is 4.46. The van der Waals surface area contributed by atoms with Crippen LogP contribution in [-0.2, 0) is 6.61 Å². The van der Waals surface area contributed by atoms with Crippen LogP contribution in [0.3, 0.4) is 0 Å². The summed E-state index contributed by atoms with van der Waals surface area (Å²) >= 11 is 15.9.